The van der Waals surface area contributed by atoms with Gasteiger partial charge in [-0.05, 0) is 57.2 Å². The van der Waals surface area contributed by atoms with Crippen molar-refractivity contribution in [1.82, 2.24) is 5.32 Å². The van der Waals surface area contributed by atoms with Crippen molar-refractivity contribution in [2.24, 2.45) is 5.92 Å². The molecule has 0 aliphatic heterocycles. The lowest BCUT2D eigenvalue weighted by Crippen LogP contribution is -2.33. The summed E-state index contributed by atoms with van der Waals surface area (Å²) >= 11 is 0. The number of benzene rings is 1. The Hall–Kier alpha value is -1.55. The molecule has 0 saturated heterocycles. The van der Waals surface area contributed by atoms with Crippen LogP contribution in [0.4, 0.5) is 10.5 Å². The molecule has 1 aliphatic carbocycles. The Morgan fingerprint density at radius 2 is 1.91 bits per heavy atom. The van der Waals surface area contributed by atoms with Gasteiger partial charge in [0.25, 0.3) is 0 Å². The number of hydrogen-bond donors (Lipinski definition) is 2. The number of anilines is 1. The van der Waals surface area contributed by atoms with Crippen molar-refractivity contribution in [3.05, 3.63) is 29.8 Å². The van der Waals surface area contributed by atoms with Crippen molar-refractivity contribution >= 4 is 11.8 Å². The van der Waals surface area contributed by atoms with E-state index in [1.807, 2.05) is 45.0 Å². The van der Waals surface area contributed by atoms with E-state index in [0.29, 0.717) is 6.04 Å². The molecule has 2 N–H and O–H groups in total. The van der Waals surface area contributed by atoms with Crippen molar-refractivity contribution in [1.29, 1.82) is 0 Å². The molecule has 1 aliphatic rings. The molecule has 0 heterocycles. The van der Waals surface area contributed by atoms with E-state index in [-0.39, 0.29) is 0 Å². The van der Waals surface area contributed by atoms with Crippen LogP contribution in [0.1, 0.15) is 58.9 Å². The van der Waals surface area contributed by atoms with Crippen LogP contribution in [0.3, 0.4) is 0 Å². The fourth-order valence-corrected chi connectivity index (χ4v) is 3.01. The van der Waals surface area contributed by atoms with Crippen molar-refractivity contribution in [2.45, 2.75) is 71.6 Å². The summed E-state index contributed by atoms with van der Waals surface area (Å²) in [5.74, 6) is 0.835. The van der Waals surface area contributed by atoms with Gasteiger partial charge in [0.15, 0.2) is 0 Å². The molecular formula is C19H30N2O2. The molecule has 2 unspecified atom stereocenters. The molecule has 23 heavy (non-hydrogen) atoms. The minimum Gasteiger partial charge on any atom is -0.444 e. The Morgan fingerprint density at radius 1 is 1.22 bits per heavy atom. The predicted molar refractivity (Wildman–Crippen MR) is 94.6 cm³/mol. The Morgan fingerprint density at radius 3 is 2.52 bits per heavy atom. The predicted octanol–water partition coefficient (Wildman–Crippen LogP) is 4.70. The van der Waals surface area contributed by atoms with Crippen LogP contribution in [-0.4, -0.2) is 17.7 Å². The van der Waals surface area contributed by atoms with Crippen LogP contribution in [0.25, 0.3) is 0 Å². The Bertz CT molecular complexity index is 505. The number of carbonyl (C=O) groups is 1. The Labute approximate surface area is 140 Å². The second-order valence-corrected chi connectivity index (χ2v) is 7.67. The third-order valence-electron chi connectivity index (χ3n) is 4.13. The summed E-state index contributed by atoms with van der Waals surface area (Å²) in [5, 5.41) is 6.40. The maximum absolute atomic E-state index is 11.7. The summed E-state index contributed by atoms with van der Waals surface area (Å²) in [6.45, 7) is 8.78. The van der Waals surface area contributed by atoms with E-state index in [9.17, 15) is 4.79 Å². The zero-order valence-electron chi connectivity index (χ0n) is 14.8. The molecule has 1 fully saturated rings. The molecule has 0 spiro atoms. The zero-order valence-corrected chi connectivity index (χ0v) is 14.8. The third-order valence-corrected chi connectivity index (χ3v) is 4.13. The van der Waals surface area contributed by atoms with Crippen LogP contribution in [-0.2, 0) is 11.3 Å². The van der Waals surface area contributed by atoms with E-state index in [4.69, 9.17) is 4.74 Å². The first-order valence-electron chi connectivity index (χ1n) is 8.64. The summed E-state index contributed by atoms with van der Waals surface area (Å²) < 4.78 is 5.25. The number of ether oxygens (including phenoxy) is 1. The van der Waals surface area contributed by atoms with Gasteiger partial charge in [0.2, 0.25) is 0 Å². The average Bonchev–Trinajstić information content (AvgIpc) is 2.44. The number of amides is 1. The summed E-state index contributed by atoms with van der Waals surface area (Å²) in [7, 11) is 0. The molecule has 1 aromatic carbocycles. The maximum atomic E-state index is 11.7. The van der Waals surface area contributed by atoms with Crippen LogP contribution < -0.4 is 10.6 Å². The molecule has 0 radical (unpaired) electrons. The van der Waals surface area contributed by atoms with Crippen molar-refractivity contribution in [3.8, 4) is 0 Å². The SMILES string of the molecule is CC1CCCC(NCc2ccc(NC(=O)OC(C)(C)C)cc2)C1. The number of hydrogen-bond acceptors (Lipinski definition) is 3. The van der Waals surface area contributed by atoms with Gasteiger partial charge in [-0.15, -0.1) is 0 Å². The summed E-state index contributed by atoms with van der Waals surface area (Å²) in [5.41, 5.74) is 1.51. The maximum Gasteiger partial charge on any atom is 0.412 e. The lowest BCUT2D eigenvalue weighted by Gasteiger charge is -2.27. The quantitative estimate of drug-likeness (QED) is 0.846. The highest BCUT2D eigenvalue weighted by Gasteiger charge is 2.18. The second-order valence-electron chi connectivity index (χ2n) is 7.67. The van der Waals surface area contributed by atoms with E-state index < -0.39 is 11.7 Å². The number of nitrogens with one attached hydrogen (secondary N) is 2. The second kappa shape index (κ2) is 7.82. The molecule has 4 heteroatoms. The minimum absolute atomic E-state index is 0.417. The molecule has 1 amide bonds. The van der Waals surface area contributed by atoms with E-state index in [1.54, 1.807) is 0 Å². The van der Waals surface area contributed by atoms with E-state index >= 15 is 0 Å². The Kier molecular flexibility index (Phi) is 6.05. The Balaban J connectivity index is 1.79. The highest BCUT2D eigenvalue weighted by atomic mass is 16.6. The normalized spacial score (nSPS) is 21.7. The zero-order chi connectivity index (χ0) is 16.9. The van der Waals surface area contributed by atoms with Gasteiger partial charge >= 0.3 is 6.09 Å². The number of carbonyl (C=O) groups excluding carboxylic acids is 1. The van der Waals surface area contributed by atoms with Crippen LogP contribution in [0, 0.1) is 5.92 Å². The van der Waals surface area contributed by atoms with Gasteiger partial charge in [0.05, 0.1) is 0 Å². The van der Waals surface area contributed by atoms with Crippen LogP contribution in [0.2, 0.25) is 0 Å². The van der Waals surface area contributed by atoms with Crippen molar-refractivity contribution in [2.75, 3.05) is 5.32 Å². The molecular weight excluding hydrogens is 288 g/mol. The first-order valence-corrected chi connectivity index (χ1v) is 8.64. The van der Waals surface area contributed by atoms with Gasteiger partial charge in [-0.2, -0.15) is 0 Å². The van der Waals surface area contributed by atoms with E-state index in [0.717, 1.165) is 18.2 Å². The first-order chi connectivity index (χ1) is 10.8. The van der Waals surface area contributed by atoms with Crippen LogP contribution in [0.15, 0.2) is 24.3 Å². The van der Waals surface area contributed by atoms with Gasteiger partial charge in [0, 0.05) is 18.3 Å². The summed E-state index contributed by atoms with van der Waals surface area (Å²) in [4.78, 5) is 11.7. The highest BCUT2D eigenvalue weighted by molar-refractivity contribution is 5.84. The lowest BCUT2D eigenvalue weighted by atomic mass is 9.87. The molecule has 2 rings (SSSR count). The van der Waals surface area contributed by atoms with Crippen molar-refractivity contribution < 1.29 is 9.53 Å². The monoisotopic (exact) mass is 318 g/mol. The third kappa shape index (κ3) is 6.61. The van der Waals surface area contributed by atoms with Crippen LogP contribution in [0.5, 0.6) is 0 Å². The van der Waals surface area contributed by atoms with Crippen molar-refractivity contribution in [3.63, 3.8) is 0 Å². The highest BCUT2D eigenvalue weighted by Crippen LogP contribution is 2.23. The lowest BCUT2D eigenvalue weighted by molar-refractivity contribution is 0.0636. The molecule has 1 saturated carbocycles. The molecule has 2 atom stereocenters. The average molecular weight is 318 g/mol. The van der Waals surface area contributed by atoms with E-state index in [1.165, 1.54) is 31.2 Å². The largest absolute Gasteiger partial charge is 0.444 e. The minimum atomic E-state index is -0.481. The van der Waals surface area contributed by atoms with Gasteiger partial charge in [-0.1, -0.05) is 31.9 Å². The molecule has 0 aromatic heterocycles. The fourth-order valence-electron chi connectivity index (χ4n) is 3.01. The molecule has 4 nitrogen and oxygen atoms in total. The first kappa shape index (κ1) is 17.8. The molecule has 128 valence electrons. The summed E-state index contributed by atoms with van der Waals surface area (Å²) in [6.07, 6.45) is 4.83. The number of rotatable bonds is 4. The van der Waals surface area contributed by atoms with E-state index in [2.05, 4.69) is 17.6 Å². The molecule has 1 aromatic rings. The van der Waals surface area contributed by atoms with Gasteiger partial charge in [0.1, 0.15) is 5.60 Å². The standard InChI is InChI=1S/C19H30N2O2/c1-14-6-5-7-17(12-14)20-13-15-8-10-16(11-9-15)21-18(22)23-19(2,3)4/h8-11,14,17,20H,5-7,12-13H2,1-4H3,(H,21,22). The van der Waals surface area contributed by atoms with Gasteiger partial charge in [-0.25, -0.2) is 4.79 Å². The van der Waals surface area contributed by atoms with Gasteiger partial charge < -0.3 is 10.1 Å². The van der Waals surface area contributed by atoms with Crippen LogP contribution >= 0.6 is 0 Å². The smallest absolute Gasteiger partial charge is 0.412 e. The summed E-state index contributed by atoms with van der Waals surface area (Å²) in [6, 6.07) is 8.57. The fraction of sp³-hybridized carbons (Fsp3) is 0.632. The molecule has 0 bridgehead atoms. The van der Waals surface area contributed by atoms with Gasteiger partial charge in [-0.3, -0.25) is 5.32 Å². The topological polar surface area (TPSA) is 50.4 Å².